The molecule has 0 amide bonds. The number of aliphatic hydroxyl groups excluding tert-OH is 1. The van der Waals surface area contributed by atoms with Gasteiger partial charge in [0, 0.05) is 0 Å². The molecule has 0 spiro atoms. The minimum Gasteiger partial charge on any atom is -0.388 e. The largest absolute Gasteiger partial charge is 0.388 e. The van der Waals surface area contributed by atoms with Crippen LogP contribution in [-0.2, 0) is 0 Å². The fraction of sp³-hybridized carbons (Fsp3) is 0.556. The maximum atomic E-state index is 10.3. The molecule has 19 heavy (non-hydrogen) atoms. The van der Waals surface area contributed by atoms with Crippen LogP contribution in [0.2, 0.25) is 0 Å². The first-order valence-corrected chi connectivity index (χ1v) is 7.61. The Balaban J connectivity index is 2.41. The van der Waals surface area contributed by atoms with E-state index in [2.05, 4.69) is 13.5 Å². The van der Waals surface area contributed by atoms with Gasteiger partial charge in [-0.15, -0.1) is 6.58 Å². The van der Waals surface area contributed by atoms with Gasteiger partial charge in [-0.2, -0.15) is 0 Å². The molecule has 1 rings (SSSR count). The van der Waals surface area contributed by atoms with E-state index in [0.717, 1.165) is 18.4 Å². The van der Waals surface area contributed by atoms with Crippen molar-refractivity contribution >= 4 is 0 Å². The van der Waals surface area contributed by atoms with Crippen LogP contribution in [0.15, 0.2) is 43.0 Å². The number of benzene rings is 1. The number of hydrogen-bond donors (Lipinski definition) is 1. The topological polar surface area (TPSA) is 20.2 Å². The van der Waals surface area contributed by atoms with Gasteiger partial charge in [0.2, 0.25) is 0 Å². The lowest BCUT2D eigenvalue weighted by Gasteiger charge is -2.19. The summed E-state index contributed by atoms with van der Waals surface area (Å²) in [4.78, 5) is 0. The molecule has 0 aromatic heterocycles. The Morgan fingerprint density at radius 2 is 1.89 bits per heavy atom. The zero-order valence-corrected chi connectivity index (χ0v) is 12.2. The van der Waals surface area contributed by atoms with Gasteiger partial charge in [-0.25, -0.2) is 0 Å². The van der Waals surface area contributed by atoms with Crippen LogP contribution in [0.25, 0.3) is 0 Å². The molecule has 0 fully saturated rings. The third kappa shape index (κ3) is 6.58. The van der Waals surface area contributed by atoms with Crippen molar-refractivity contribution in [1.82, 2.24) is 0 Å². The molecule has 1 N–H and O–H groups in total. The molecule has 0 saturated carbocycles. The summed E-state index contributed by atoms with van der Waals surface area (Å²) < 4.78 is 0. The molecule has 0 heterocycles. The van der Waals surface area contributed by atoms with E-state index in [9.17, 15) is 5.11 Å². The van der Waals surface area contributed by atoms with Crippen LogP contribution in [0.4, 0.5) is 0 Å². The molecule has 0 saturated heterocycles. The average molecular weight is 260 g/mol. The van der Waals surface area contributed by atoms with Crippen molar-refractivity contribution in [1.29, 1.82) is 0 Å². The number of unbranched alkanes of at least 4 members (excludes halogenated alkanes) is 3. The SMILES string of the molecule is C=CCC(CCCCCC)CC(O)c1ccccc1. The molecule has 1 heteroatoms. The lowest BCUT2D eigenvalue weighted by atomic mass is 9.90. The van der Waals surface area contributed by atoms with E-state index in [1.54, 1.807) is 0 Å². The van der Waals surface area contributed by atoms with Crippen LogP contribution in [0.1, 0.15) is 63.5 Å². The normalized spacial score (nSPS) is 14.0. The summed E-state index contributed by atoms with van der Waals surface area (Å²) in [6.45, 7) is 6.08. The minimum absolute atomic E-state index is 0.336. The summed E-state index contributed by atoms with van der Waals surface area (Å²) in [5.41, 5.74) is 1.03. The van der Waals surface area contributed by atoms with Gasteiger partial charge in [0.15, 0.2) is 0 Å². The van der Waals surface area contributed by atoms with Gasteiger partial charge in [0.05, 0.1) is 6.10 Å². The van der Waals surface area contributed by atoms with Crippen LogP contribution in [0, 0.1) is 5.92 Å². The van der Waals surface area contributed by atoms with E-state index in [1.807, 2.05) is 36.4 Å². The Labute approximate surface area is 118 Å². The van der Waals surface area contributed by atoms with Crippen molar-refractivity contribution in [3.8, 4) is 0 Å². The summed E-state index contributed by atoms with van der Waals surface area (Å²) in [7, 11) is 0. The molecular formula is C18H28O. The predicted octanol–water partition coefficient (Wildman–Crippen LogP) is 5.27. The molecule has 2 atom stereocenters. The van der Waals surface area contributed by atoms with Crippen molar-refractivity contribution in [3.63, 3.8) is 0 Å². The van der Waals surface area contributed by atoms with Gasteiger partial charge >= 0.3 is 0 Å². The molecule has 1 aromatic rings. The standard InChI is InChI=1S/C18H28O/c1-3-5-6-8-12-16(11-4-2)15-18(19)17-13-9-7-10-14-17/h4,7,9-10,13-14,16,18-19H,2-3,5-6,8,11-12,15H2,1H3. The Kier molecular flexibility index (Phi) is 8.24. The van der Waals surface area contributed by atoms with Gasteiger partial charge in [-0.1, -0.05) is 75.4 Å². The molecule has 1 aromatic carbocycles. The van der Waals surface area contributed by atoms with Crippen LogP contribution < -0.4 is 0 Å². The van der Waals surface area contributed by atoms with E-state index in [0.29, 0.717) is 5.92 Å². The van der Waals surface area contributed by atoms with Gasteiger partial charge in [0.25, 0.3) is 0 Å². The highest BCUT2D eigenvalue weighted by molar-refractivity contribution is 5.17. The molecule has 0 aliphatic heterocycles. The molecule has 2 unspecified atom stereocenters. The van der Waals surface area contributed by atoms with Crippen molar-refractivity contribution in [2.24, 2.45) is 5.92 Å². The zero-order valence-electron chi connectivity index (χ0n) is 12.2. The second kappa shape index (κ2) is 9.80. The second-order valence-corrected chi connectivity index (χ2v) is 5.40. The number of hydrogen-bond acceptors (Lipinski definition) is 1. The third-order valence-corrected chi connectivity index (χ3v) is 3.71. The van der Waals surface area contributed by atoms with Crippen LogP contribution in [0.5, 0.6) is 0 Å². The summed E-state index contributed by atoms with van der Waals surface area (Å²) >= 11 is 0. The molecule has 0 aliphatic carbocycles. The monoisotopic (exact) mass is 260 g/mol. The van der Waals surface area contributed by atoms with Gasteiger partial charge in [0.1, 0.15) is 0 Å². The molecule has 1 nitrogen and oxygen atoms in total. The Bertz CT molecular complexity index is 331. The lowest BCUT2D eigenvalue weighted by molar-refractivity contribution is 0.140. The summed E-state index contributed by atoms with van der Waals surface area (Å²) in [5, 5.41) is 10.3. The van der Waals surface area contributed by atoms with E-state index < -0.39 is 0 Å². The lowest BCUT2D eigenvalue weighted by Crippen LogP contribution is -2.07. The Morgan fingerprint density at radius 1 is 1.16 bits per heavy atom. The maximum absolute atomic E-state index is 10.3. The maximum Gasteiger partial charge on any atom is 0.0792 e. The summed E-state index contributed by atoms with van der Waals surface area (Å²) in [6, 6.07) is 9.98. The van der Waals surface area contributed by atoms with Crippen molar-refractivity contribution < 1.29 is 5.11 Å². The Morgan fingerprint density at radius 3 is 2.53 bits per heavy atom. The van der Waals surface area contributed by atoms with Crippen molar-refractivity contribution in [3.05, 3.63) is 48.6 Å². The van der Waals surface area contributed by atoms with Gasteiger partial charge in [-0.3, -0.25) is 0 Å². The van der Waals surface area contributed by atoms with Crippen LogP contribution in [-0.4, -0.2) is 5.11 Å². The van der Waals surface area contributed by atoms with E-state index in [4.69, 9.17) is 0 Å². The third-order valence-electron chi connectivity index (χ3n) is 3.71. The predicted molar refractivity (Wildman–Crippen MR) is 83.1 cm³/mol. The number of allylic oxidation sites excluding steroid dienone is 1. The highest BCUT2D eigenvalue weighted by Crippen LogP contribution is 2.27. The first-order valence-electron chi connectivity index (χ1n) is 7.61. The smallest absolute Gasteiger partial charge is 0.0792 e. The summed E-state index contributed by atoms with van der Waals surface area (Å²) in [5.74, 6) is 0.560. The molecule has 106 valence electrons. The van der Waals surface area contributed by atoms with Gasteiger partial charge in [-0.05, 0) is 24.3 Å². The fourth-order valence-corrected chi connectivity index (χ4v) is 2.55. The van der Waals surface area contributed by atoms with E-state index in [-0.39, 0.29) is 6.10 Å². The molecule has 0 radical (unpaired) electrons. The summed E-state index contributed by atoms with van der Waals surface area (Å²) in [6.07, 6.45) is 9.90. The second-order valence-electron chi connectivity index (χ2n) is 5.40. The van der Waals surface area contributed by atoms with Crippen molar-refractivity contribution in [2.75, 3.05) is 0 Å². The molecule has 0 aliphatic rings. The molecular weight excluding hydrogens is 232 g/mol. The quantitative estimate of drug-likeness (QED) is 0.448. The number of aliphatic hydroxyl groups is 1. The van der Waals surface area contributed by atoms with E-state index in [1.165, 1.54) is 32.1 Å². The van der Waals surface area contributed by atoms with E-state index >= 15 is 0 Å². The minimum atomic E-state index is -0.336. The first kappa shape index (κ1) is 16.0. The van der Waals surface area contributed by atoms with Crippen LogP contribution >= 0.6 is 0 Å². The fourth-order valence-electron chi connectivity index (χ4n) is 2.55. The van der Waals surface area contributed by atoms with Crippen molar-refractivity contribution in [2.45, 2.75) is 58.0 Å². The number of rotatable bonds is 10. The Hall–Kier alpha value is -1.08. The average Bonchev–Trinajstić information content (AvgIpc) is 2.44. The van der Waals surface area contributed by atoms with Gasteiger partial charge < -0.3 is 5.11 Å². The first-order chi connectivity index (χ1) is 9.27. The highest BCUT2D eigenvalue weighted by atomic mass is 16.3. The highest BCUT2D eigenvalue weighted by Gasteiger charge is 2.14. The molecule has 0 bridgehead atoms. The zero-order chi connectivity index (χ0) is 13.9. The van der Waals surface area contributed by atoms with Crippen LogP contribution in [0.3, 0.4) is 0 Å².